The minimum absolute atomic E-state index is 0.0226. The van der Waals surface area contributed by atoms with Crippen LogP contribution in [0.3, 0.4) is 0 Å². The second-order valence-corrected chi connectivity index (χ2v) is 11.5. The first-order valence-electron chi connectivity index (χ1n) is 12.1. The molecule has 1 aliphatic rings. The van der Waals surface area contributed by atoms with E-state index in [1.54, 1.807) is 55.7 Å². The Morgan fingerprint density at radius 3 is 2.59 bits per heavy atom. The number of imidazole rings is 1. The summed E-state index contributed by atoms with van der Waals surface area (Å²) in [5.74, 6) is 1.69. The first-order chi connectivity index (χ1) is 18.6. The number of nitrogens with one attached hydrogen (secondary N) is 1. The zero-order chi connectivity index (χ0) is 28.2. The van der Waals surface area contributed by atoms with Crippen molar-refractivity contribution < 1.29 is 22.7 Å². The maximum Gasteiger partial charge on any atom is 0.281 e. The second-order valence-electron chi connectivity index (χ2n) is 8.98. The largest absolute Gasteiger partial charge is 0.493 e. The quantitative estimate of drug-likeness (QED) is 0.353. The highest BCUT2D eigenvalue weighted by Crippen LogP contribution is 2.28. The van der Waals surface area contributed by atoms with Crippen LogP contribution < -0.4 is 19.7 Å². The highest BCUT2D eigenvalue weighted by Gasteiger charge is 2.36. The summed E-state index contributed by atoms with van der Waals surface area (Å²) in [6, 6.07) is 6.48. The molecule has 0 bridgehead atoms. The van der Waals surface area contributed by atoms with Gasteiger partial charge in [-0.2, -0.15) is 22.0 Å². The molecule has 0 saturated carbocycles. The van der Waals surface area contributed by atoms with Crippen LogP contribution in [-0.2, 0) is 21.5 Å². The van der Waals surface area contributed by atoms with Crippen LogP contribution in [0.25, 0.3) is 5.95 Å². The number of methoxy groups -OCH3 is 2. The van der Waals surface area contributed by atoms with Crippen molar-refractivity contribution >= 4 is 33.5 Å². The van der Waals surface area contributed by atoms with Crippen molar-refractivity contribution in [1.29, 1.82) is 0 Å². The fourth-order valence-corrected chi connectivity index (χ4v) is 5.56. The van der Waals surface area contributed by atoms with Crippen LogP contribution in [0.4, 0.5) is 5.82 Å². The Hall–Kier alpha value is -3.46. The number of nitrogens with zero attached hydrogens (tertiary/aromatic N) is 7. The van der Waals surface area contributed by atoms with Crippen LogP contribution in [0.5, 0.6) is 11.5 Å². The number of carbonyl (C=O) groups excluding carboxylic acids is 1. The van der Waals surface area contributed by atoms with Crippen LogP contribution in [0, 0.1) is 0 Å². The van der Waals surface area contributed by atoms with E-state index in [0.717, 1.165) is 9.87 Å². The van der Waals surface area contributed by atoms with Gasteiger partial charge in [0, 0.05) is 65.2 Å². The minimum atomic E-state index is -3.68. The molecular weight excluding hydrogens is 548 g/mol. The predicted molar refractivity (Wildman–Crippen MR) is 145 cm³/mol. The summed E-state index contributed by atoms with van der Waals surface area (Å²) in [6.45, 7) is 0.867. The normalized spacial score (nSPS) is 16.4. The number of benzene rings is 1. The minimum Gasteiger partial charge on any atom is -0.493 e. The number of carbonyl (C=O) groups is 1. The first-order valence-corrected chi connectivity index (χ1v) is 13.8. The van der Waals surface area contributed by atoms with Gasteiger partial charge in [-0.15, -0.1) is 0 Å². The van der Waals surface area contributed by atoms with Gasteiger partial charge in [-0.1, -0.05) is 17.7 Å². The summed E-state index contributed by atoms with van der Waals surface area (Å²) in [5.41, 5.74) is 0.825. The highest BCUT2D eigenvalue weighted by molar-refractivity contribution is 7.86. The topological polar surface area (TPSA) is 135 Å². The van der Waals surface area contributed by atoms with Gasteiger partial charge in [0.1, 0.15) is 17.3 Å². The van der Waals surface area contributed by atoms with E-state index in [2.05, 4.69) is 20.3 Å². The van der Waals surface area contributed by atoms with Crippen LogP contribution in [0.1, 0.15) is 12.0 Å². The molecule has 4 rings (SSSR count). The van der Waals surface area contributed by atoms with E-state index in [0.29, 0.717) is 29.8 Å². The number of hydrogen-bond acceptors (Lipinski definition) is 9. The van der Waals surface area contributed by atoms with Gasteiger partial charge >= 0.3 is 0 Å². The fourth-order valence-electron chi connectivity index (χ4n) is 4.26. The monoisotopic (exact) mass is 578 g/mol. The van der Waals surface area contributed by atoms with Crippen LogP contribution in [0.15, 0.2) is 43.0 Å². The summed E-state index contributed by atoms with van der Waals surface area (Å²) in [4.78, 5) is 27.9. The van der Waals surface area contributed by atoms with Gasteiger partial charge in [0.05, 0.1) is 20.3 Å². The molecule has 13 nitrogen and oxygen atoms in total. The van der Waals surface area contributed by atoms with Crippen molar-refractivity contribution in [2.75, 3.05) is 52.8 Å². The highest BCUT2D eigenvalue weighted by atomic mass is 35.5. The molecule has 1 aromatic carbocycles. The third kappa shape index (κ3) is 6.58. The molecule has 15 heteroatoms. The average molecular weight is 579 g/mol. The number of hydrogen-bond donors (Lipinski definition) is 1. The lowest BCUT2D eigenvalue weighted by atomic mass is 10.1. The van der Waals surface area contributed by atoms with Crippen LogP contribution in [-0.4, -0.2) is 96.4 Å². The van der Waals surface area contributed by atoms with Crippen molar-refractivity contribution in [3.05, 3.63) is 53.7 Å². The van der Waals surface area contributed by atoms with Gasteiger partial charge in [0.25, 0.3) is 10.2 Å². The number of ether oxygens (including phenoxy) is 2. The molecule has 39 heavy (non-hydrogen) atoms. The van der Waals surface area contributed by atoms with Gasteiger partial charge in [-0.3, -0.25) is 9.36 Å². The van der Waals surface area contributed by atoms with Crippen molar-refractivity contribution in [1.82, 2.24) is 33.4 Å². The molecule has 2 aromatic heterocycles. The van der Waals surface area contributed by atoms with Gasteiger partial charge in [-0.25, -0.2) is 9.97 Å². The Bertz CT molecular complexity index is 1400. The first kappa shape index (κ1) is 28.5. The lowest BCUT2D eigenvalue weighted by molar-refractivity contribution is -0.121. The number of aromatic nitrogens is 4. The summed E-state index contributed by atoms with van der Waals surface area (Å²) < 4.78 is 40.6. The lowest BCUT2D eigenvalue weighted by Gasteiger charge is -2.41. The summed E-state index contributed by atoms with van der Waals surface area (Å²) in [5, 5.41) is 3.13. The molecule has 1 N–H and O–H groups in total. The Morgan fingerprint density at radius 2 is 1.92 bits per heavy atom. The number of amides is 1. The van der Waals surface area contributed by atoms with Crippen molar-refractivity contribution in [3.8, 4) is 17.4 Å². The number of halogens is 1. The Morgan fingerprint density at radius 1 is 1.15 bits per heavy atom. The van der Waals surface area contributed by atoms with E-state index in [1.165, 1.54) is 18.4 Å². The van der Waals surface area contributed by atoms with Crippen LogP contribution in [0.2, 0.25) is 5.15 Å². The Kier molecular flexibility index (Phi) is 8.90. The van der Waals surface area contributed by atoms with Crippen molar-refractivity contribution in [2.24, 2.45) is 0 Å². The Balaban J connectivity index is 1.55. The van der Waals surface area contributed by atoms with E-state index in [4.69, 9.17) is 21.1 Å². The van der Waals surface area contributed by atoms with E-state index < -0.39 is 16.3 Å². The molecule has 0 aliphatic carbocycles. The van der Waals surface area contributed by atoms with E-state index in [1.807, 2.05) is 11.0 Å². The molecule has 1 unspecified atom stereocenters. The molecule has 210 valence electrons. The van der Waals surface area contributed by atoms with E-state index in [-0.39, 0.29) is 37.1 Å². The van der Waals surface area contributed by atoms with Crippen LogP contribution >= 0.6 is 11.6 Å². The van der Waals surface area contributed by atoms with Crippen molar-refractivity contribution in [2.45, 2.75) is 19.0 Å². The second kappa shape index (κ2) is 12.2. The standard InChI is InChI=1S/C24H31ClN8O5S/c1-30(2)39(35,36)32-9-10-33(22-13-21(25)28-24(29-22)31-8-7-26-16-31)18(15-32)12-23(34)27-14-17-5-6-19(37-3)20(11-17)38-4/h5-8,11,13,16,18H,9-10,12,14-15H2,1-4H3,(H,27,34). The zero-order valence-electron chi connectivity index (χ0n) is 22.1. The smallest absolute Gasteiger partial charge is 0.281 e. The van der Waals surface area contributed by atoms with E-state index in [9.17, 15) is 13.2 Å². The fraction of sp³-hybridized carbons (Fsp3) is 0.417. The SMILES string of the molecule is COc1ccc(CNC(=O)CC2CN(S(=O)(=O)N(C)C)CCN2c2cc(Cl)nc(-n3ccnc3)n2)cc1OC. The average Bonchev–Trinajstić information content (AvgIpc) is 3.46. The van der Waals surface area contributed by atoms with Gasteiger partial charge in [0.15, 0.2) is 11.5 Å². The number of piperazine rings is 1. The third-order valence-electron chi connectivity index (χ3n) is 6.29. The zero-order valence-corrected chi connectivity index (χ0v) is 23.7. The number of rotatable bonds is 10. The van der Waals surface area contributed by atoms with Crippen molar-refractivity contribution in [3.63, 3.8) is 0 Å². The molecular formula is C24H31ClN8O5S. The van der Waals surface area contributed by atoms with Gasteiger partial charge < -0.3 is 19.7 Å². The lowest BCUT2D eigenvalue weighted by Crippen LogP contribution is -2.58. The molecule has 1 fully saturated rings. The molecule has 1 amide bonds. The van der Waals surface area contributed by atoms with Gasteiger partial charge in [-0.05, 0) is 17.7 Å². The summed E-state index contributed by atoms with van der Waals surface area (Å²) >= 11 is 6.32. The molecule has 0 radical (unpaired) electrons. The Labute approximate surface area is 232 Å². The maximum absolute atomic E-state index is 13.1. The molecule has 3 heterocycles. The maximum atomic E-state index is 13.1. The predicted octanol–water partition coefficient (Wildman–Crippen LogP) is 1.34. The summed E-state index contributed by atoms with van der Waals surface area (Å²) in [7, 11) is 2.37. The van der Waals surface area contributed by atoms with Gasteiger partial charge in [0.2, 0.25) is 11.9 Å². The number of anilines is 1. The summed E-state index contributed by atoms with van der Waals surface area (Å²) in [6.07, 6.45) is 4.86. The molecule has 0 spiro atoms. The molecule has 1 saturated heterocycles. The van der Waals surface area contributed by atoms with E-state index >= 15 is 0 Å². The molecule has 3 aromatic rings. The molecule has 1 aliphatic heterocycles. The molecule has 1 atom stereocenters. The third-order valence-corrected chi connectivity index (χ3v) is 8.39.